The van der Waals surface area contributed by atoms with E-state index in [1.54, 1.807) is 11.3 Å². The quantitative estimate of drug-likeness (QED) is 0.523. The number of nitrogens with zero attached hydrogens (tertiary/aromatic N) is 6. The molecular formula is C12H12N6O3S. The molecule has 0 aliphatic rings. The van der Waals surface area contributed by atoms with Crippen molar-refractivity contribution in [1.82, 2.24) is 25.0 Å². The zero-order valence-electron chi connectivity index (χ0n) is 11.9. The molecule has 3 rings (SSSR count). The Morgan fingerprint density at radius 3 is 2.91 bits per heavy atom. The lowest BCUT2D eigenvalue weighted by Crippen LogP contribution is -2.01. The first-order chi connectivity index (χ1) is 10.6. The van der Waals surface area contributed by atoms with E-state index in [1.165, 1.54) is 21.4 Å². The molecule has 0 spiro atoms. The highest BCUT2D eigenvalue weighted by Gasteiger charge is 2.17. The fourth-order valence-electron chi connectivity index (χ4n) is 1.98. The van der Waals surface area contributed by atoms with Gasteiger partial charge < -0.3 is 14.5 Å². The summed E-state index contributed by atoms with van der Waals surface area (Å²) in [7, 11) is 0. The van der Waals surface area contributed by atoms with E-state index in [0.717, 1.165) is 11.3 Å². The Morgan fingerprint density at radius 2 is 2.27 bits per heavy atom. The van der Waals surface area contributed by atoms with Crippen molar-refractivity contribution < 1.29 is 9.34 Å². The summed E-state index contributed by atoms with van der Waals surface area (Å²) in [6, 6.07) is 2.01. The summed E-state index contributed by atoms with van der Waals surface area (Å²) < 4.78 is 6.87. The molecule has 0 aliphatic heterocycles. The lowest BCUT2D eigenvalue weighted by Gasteiger charge is -1.90. The Hall–Kier alpha value is -2.62. The van der Waals surface area contributed by atoms with Crippen molar-refractivity contribution >= 4 is 17.3 Å². The lowest BCUT2D eigenvalue weighted by molar-refractivity contribution is -0.394. The van der Waals surface area contributed by atoms with Gasteiger partial charge in [0.1, 0.15) is 6.54 Å². The number of aryl methyl sites for hydroxylation is 2. The van der Waals surface area contributed by atoms with Crippen molar-refractivity contribution in [3.8, 4) is 10.8 Å². The normalized spacial score (nSPS) is 11.0. The van der Waals surface area contributed by atoms with Crippen LogP contribution in [0.4, 0.5) is 5.95 Å². The fraction of sp³-hybridized carbons (Fsp3) is 0.333. The predicted octanol–water partition coefficient (Wildman–Crippen LogP) is 2.22. The molecule has 22 heavy (non-hydrogen) atoms. The molecule has 3 aromatic rings. The van der Waals surface area contributed by atoms with Gasteiger partial charge in [-0.05, 0) is 29.9 Å². The predicted molar refractivity (Wildman–Crippen MR) is 77.5 cm³/mol. The first-order valence-corrected chi connectivity index (χ1v) is 7.34. The van der Waals surface area contributed by atoms with Gasteiger partial charge in [0, 0.05) is 9.98 Å². The van der Waals surface area contributed by atoms with Crippen molar-refractivity contribution in [2.24, 2.45) is 0 Å². The molecule has 114 valence electrons. The van der Waals surface area contributed by atoms with Crippen LogP contribution in [0.15, 0.2) is 16.8 Å². The van der Waals surface area contributed by atoms with Crippen LogP contribution >= 0.6 is 11.3 Å². The monoisotopic (exact) mass is 320 g/mol. The SMILES string of the molecule is CCc1sc(-c2nnc(Cn3cnc([N+](=O)[O-])n3)o2)cc1C. The number of hydrogen-bond donors (Lipinski definition) is 0. The van der Waals surface area contributed by atoms with Gasteiger partial charge in [-0.3, -0.25) is 0 Å². The van der Waals surface area contributed by atoms with E-state index in [-0.39, 0.29) is 6.54 Å². The summed E-state index contributed by atoms with van der Waals surface area (Å²) in [4.78, 5) is 15.6. The standard InChI is InChI=1S/C12H12N6O3S/c1-3-8-7(2)4-9(22-8)11-15-14-10(21-11)5-17-6-13-12(16-17)18(19)20/h4,6H,3,5H2,1-2H3. The van der Waals surface area contributed by atoms with E-state index in [2.05, 4.69) is 27.2 Å². The molecule has 0 radical (unpaired) electrons. The number of aromatic nitrogens is 5. The van der Waals surface area contributed by atoms with E-state index < -0.39 is 10.9 Å². The van der Waals surface area contributed by atoms with Gasteiger partial charge in [0.15, 0.2) is 0 Å². The summed E-state index contributed by atoms with van der Waals surface area (Å²) in [6.07, 6.45) is 2.21. The van der Waals surface area contributed by atoms with Gasteiger partial charge in [-0.1, -0.05) is 11.9 Å². The molecule has 0 saturated carbocycles. The fourth-order valence-corrected chi connectivity index (χ4v) is 3.01. The zero-order chi connectivity index (χ0) is 15.7. The Morgan fingerprint density at radius 1 is 1.45 bits per heavy atom. The van der Waals surface area contributed by atoms with Crippen molar-refractivity contribution in [2.75, 3.05) is 0 Å². The summed E-state index contributed by atoms with van der Waals surface area (Å²) in [6.45, 7) is 4.28. The summed E-state index contributed by atoms with van der Waals surface area (Å²) in [5.41, 5.74) is 1.20. The van der Waals surface area contributed by atoms with Crippen LogP contribution in [0.5, 0.6) is 0 Å². The molecule has 0 fully saturated rings. The average Bonchev–Trinajstić information content (AvgIpc) is 3.18. The van der Waals surface area contributed by atoms with Crippen LogP contribution in [-0.4, -0.2) is 29.9 Å². The topological polar surface area (TPSA) is 113 Å². The summed E-state index contributed by atoms with van der Waals surface area (Å²) in [5.74, 6) is 0.303. The Balaban J connectivity index is 1.79. The van der Waals surface area contributed by atoms with E-state index in [1.807, 2.05) is 13.0 Å². The highest BCUT2D eigenvalue weighted by atomic mass is 32.1. The highest BCUT2D eigenvalue weighted by molar-refractivity contribution is 7.15. The van der Waals surface area contributed by atoms with Gasteiger partial charge in [-0.15, -0.1) is 21.5 Å². The van der Waals surface area contributed by atoms with Crippen molar-refractivity contribution in [2.45, 2.75) is 26.8 Å². The molecule has 10 heteroatoms. The second kappa shape index (κ2) is 5.64. The Kier molecular flexibility index (Phi) is 3.67. The molecule has 0 N–H and O–H groups in total. The molecule has 0 aliphatic carbocycles. The molecular weight excluding hydrogens is 308 g/mol. The number of rotatable bonds is 5. The largest absolute Gasteiger partial charge is 0.490 e. The first kappa shape index (κ1) is 14.3. The van der Waals surface area contributed by atoms with Gasteiger partial charge in [0.05, 0.1) is 4.88 Å². The van der Waals surface area contributed by atoms with Crippen LogP contribution in [0, 0.1) is 17.0 Å². The summed E-state index contributed by atoms with van der Waals surface area (Å²) in [5, 5.41) is 22.2. The first-order valence-electron chi connectivity index (χ1n) is 6.52. The van der Waals surface area contributed by atoms with Crippen molar-refractivity contribution in [3.05, 3.63) is 38.8 Å². The third-order valence-corrected chi connectivity index (χ3v) is 4.37. The van der Waals surface area contributed by atoms with Crippen LogP contribution in [-0.2, 0) is 13.0 Å². The maximum absolute atomic E-state index is 10.5. The summed E-state index contributed by atoms with van der Waals surface area (Å²) >= 11 is 1.62. The Bertz CT molecular complexity index is 821. The minimum Gasteiger partial charge on any atom is -0.418 e. The number of hydrogen-bond acceptors (Lipinski definition) is 8. The molecule has 0 saturated heterocycles. The van der Waals surface area contributed by atoms with Gasteiger partial charge in [0.25, 0.3) is 5.89 Å². The highest BCUT2D eigenvalue weighted by Crippen LogP contribution is 2.30. The van der Waals surface area contributed by atoms with Crippen molar-refractivity contribution in [3.63, 3.8) is 0 Å². The number of thiophene rings is 1. The van der Waals surface area contributed by atoms with E-state index in [0.29, 0.717) is 11.8 Å². The molecule has 0 atom stereocenters. The molecule has 3 aromatic heterocycles. The minimum absolute atomic E-state index is 0.138. The van der Waals surface area contributed by atoms with Gasteiger partial charge >= 0.3 is 5.95 Å². The third-order valence-electron chi connectivity index (χ3n) is 3.00. The van der Waals surface area contributed by atoms with Crippen LogP contribution in [0.2, 0.25) is 0 Å². The lowest BCUT2D eigenvalue weighted by atomic mass is 10.2. The Labute approximate surface area is 128 Å². The van der Waals surface area contributed by atoms with Gasteiger partial charge in [-0.25, -0.2) is 0 Å². The second-order valence-corrected chi connectivity index (χ2v) is 5.71. The third kappa shape index (κ3) is 2.72. The molecule has 0 aromatic carbocycles. The molecule has 0 amide bonds. The van der Waals surface area contributed by atoms with Crippen LogP contribution < -0.4 is 0 Å². The van der Waals surface area contributed by atoms with Crippen LogP contribution in [0.1, 0.15) is 23.3 Å². The van der Waals surface area contributed by atoms with Crippen LogP contribution in [0.3, 0.4) is 0 Å². The molecule has 0 unspecified atom stereocenters. The van der Waals surface area contributed by atoms with E-state index in [4.69, 9.17) is 4.42 Å². The minimum atomic E-state index is -0.656. The van der Waals surface area contributed by atoms with E-state index in [9.17, 15) is 10.1 Å². The van der Waals surface area contributed by atoms with E-state index >= 15 is 0 Å². The zero-order valence-corrected chi connectivity index (χ0v) is 12.7. The van der Waals surface area contributed by atoms with Gasteiger partial charge in [-0.2, -0.15) is 4.68 Å². The van der Waals surface area contributed by atoms with Crippen molar-refractivity contribution in [1.29, 1.82) is 0 Å². The smallest absolute Gasteiger partial charge is 0.418 e. The van der Waals surface area contributed by atoms with Gasteiger partial charge in [0.2, 0.25) is 12.2 Å². The van der Waals surface area contributed by atoms with Crippen LogP contribution in [0.25, 0.3) is 10.8 Å². The molecule has 0 bridgehead atoms. The maximum atomic E-state index is 10.5. The average molecular weight is 320 g/mol. The second-order valence-electron chi connectivity index (χ2n) is 4.57. The molecule has 9 nitrogen and oxygen atoms in total. The maximum Gasteiger partial charge on any atom is 0.490 e. The number of nitro groups is 1. The molecule has 3 heterocycles.